The number of nitrogens with zero attached hydrogens (tertiary/aromatic N) is 1. The summed E-state index contributed by atoms with van der Waals surface area (Å²) in [5.41, 5.74) is 1.32. The Morgan fingerprint density at radius 3 is 2.59 bits per heavy atom. The Balaban J connectivity index is 1.88. The lowest BCUT2D eigenvalue weighted by molar-refractivity contribution is -0.384. The number of hydrogen-bond donors (Lipinski definition) is 3. The van der Waals surface area contributed by atoms with Crippen LogP contribution in [0.25, 0.3) is 0 Å². The topological polar surface area (TPSA) is 113 Å². The lowest BCUT2D eigenvalue weighted by Gasteiger charge is -2.09. The van der Waals surface area contributed by atoms with E-state index in [0.717, 1.165) is 6.42 Å². The van der Waals surface area contributed by atoms with Crippen LogP contribution >= 0.6 is 0 Å². The highest BCUT2D eigenvalue weighted by Gasteiger charge is 2.12. The number of nitro benzene ring substituents is 1. The van der Waals surface area contributed by atoms with E-state index in [1.165, 1.54) is 6.07 Å². The first-order chi connectivity index (χ1) is 13.0. The van der Waals surface area contributed by atoms with Crippen molar-refractivity contribution in [3.05, 3.63) is 64.2 Å². The second kappa shape index (κ2) is 9.91. The molecule has 0 heterocycles. The Morgan fingerprint density at radius 2 is 1.85 bits per heavy atom. The normalized spacial score (nSPS) is 10.1. The van der Waals surface area contributed by atoms with Crippen molar-refractivity contribution in [2.24, 2.45) is 0 Å². The fourth-order valence-electron chi connectivity index (χ4n) is 2.40. The average Bonchev–Trinajstić information content (AvgIpc) is 2.66. The maximum Gasteiger partial charge on any atom is 0.292 e. The van der Waals surface area contributed by atoms with Crippen molar-refractivity contribution in [2.75, 3.05) is 23.7 Å². The summed E-state index contributed by atoms with van der Waals surface area (Å²) in [6, 6.07) is 12.9. The molecule has 0 aliphatic carbocycles. The minimum atomic E-state index is -0.475. The van der Waals surface area contributed by atoms with Crippen molar-refractivity contribution in [3.63, 3.8) is 0 Å². The first-order valence-corrected chi connectivity index (χ1v) is 8.66. The van der Waals surface area contributed by atoms with Crippen molar-refractivity contribution in [3.8, 4) is 0 Å². The molecule has 0 spiro atoms. The minimum absolute atomic E-state index is 0.0382. The smallest absolute Gasteiger partial charge is 0.292 e. The maximum absolute atomic E-state index is 12.1. The number of anilines is 2. The van der Waals surface area contributed by atoms with Crippen LogP contribution in [0.4, 0.5) is 17.1 Å². The standard InChI is InChI=1S/C19H22N4O4/c1-2-11-21-19(25)14-6-5-7-15(13-14)22-18(24)10-12-20-16-8-3-4-9-17(16)23(26)27/h3-9,13,20H,2,10-12H2,1H3,(H,21,25)(H,22,24). The summed E-state index contributed by atoms with van der Waals surface area (Å²) in [5, 5.41) is 19.4. The molecular formula is C19H22N4O4. The number of carbonyl (C=O) groups is 2. The lowest BCUT2D eigenvalue weighted by atomic mass is 10.2. The molecule has 0 bridgehead atoms. The molecule has 0 unspecified atom stereocenters. The molecule has 8 heteroatoms. The van der Waals surface area contributed by atoms with E-state index in [9.17, 15) is 19.7 Å². The number of carbonyl (C=O) groups excluding carboxylic acids is 2. The van der Waals surface area contributed by atoms with Gasteiger partial charge in [0.1, 0.15) is 5.69 Å². The van der Waals surface area contributed by atoms with Gasteiger partial charge in [-0.3, -0.25) is 19.7 Å². The van der Waals surface area contributed by atoms with Crippen molar-refractivity contribution in [2.45, 2.75) is 19.8 Å². The molecule has 0 saturated carbocycles. The molecule has 27 heavy (non-hydrogen) atoms. The summed E-state index contributed by atoms with van der Waals surface area (Å²) in [4.78, 5) is 34.5. The number of amides is 2. The highest BCUT2D eigenvalue weighted by molar-refractivity contribution is 5.97. The summed E-state index contributed by atoms with van der Waals surface area (Å²) in [7, 11) is 0. The van der Waals surface area contributed by atoms with E-state index in [1.54, 1.807) is 42.5 Å². The Labute approximate surface area is 157 Å². The largest absolute Gasteiger partial charge is 0.379 e. The number of nitrogens with one attached hydrogen (secondary N) is 3. The van der Waals surface area contributed by atoms with Gasteiger partial charge in [0.05, 0.1) is 4.92 Å². The molecule has 142 valence electrons. The number of nitro groups is 1. The molecule has 0 fully saturated rings. The molecule has 0 aromatic heterocycles. The average molecular weight is 370 g/mol. The van der Waals surface area contributed by atoms with E-state index in [-0.39, 0.29) is 30.5 Å². The van der Waals surface area contributed by atoms with E-state index in [2.05, 4.69) is 16.0 Å². The Morgan fingerprint density at radius 1 is 1.07 bits per heavy atom. The van der Waals surface area contributed by atoms with Crippen LogP contribution in [0, 0.1) is 10.1 Å². The number of para-hydroxylation sites is 2. The molecule has 2 aromatic rings. The van der Waals surface area contributed by atoms with Gasteiger partial charge in [-0.05, 0) is 30.7 Å². The second-order valence-electron chi connectivity index (χ2n) is 5.84. The third kappa shape index (κ3) is 6.10. The second-order valence-corrected chi connectivity index (χ2v) is 5.84. The fraction of sp³-hybridized carbons (Fsp3) is 0.263. The first-order valence-electron chi connectivity index (χ1n) is 8.66. The molecule has 0 aliphatic heterocycles. The molecule has 0 radical (unpaired) electrons. The van der Waals surface area contributed by atoms with Crippen LogP contribution in [0.2, 0.25) is 0 Å². The summed E-state index contributed by atoms with van der Waals surface area (Å²) in [6.07, 6.45) is 0.965. The van der Waals surface area contributed by atoms with Crippen LogP contribution in [0.3, 0.4) is 0 Å². The molecule has 3 N–H and O–H groups in total. The Kier molecular flexibility index (Phi) is 7.30. The molecule has 8 nitrogen and oxygen atoms in total. The van der Waals surface area contributed by atoms with Crippen molar-refractivity contribution >= 4 is 28.9 Å². The fourth-order valence-corrected chi connectivity index (χ4v) is 2.40. The number of rotatable bonds is 9. The van der Waals surface area contributed by atoms with Crippen LogP contribution in [-0.4, -0.2) is 29.8 Å². The van der Waals surface area contributed by atoms with Gasteiger partial charge in [0.2, 0.25) is 5.91 Å². The van der Waals surface area contributed by atoms with Crippen LogP contribution in [0.5, 0.6) is 0 Å². The van der Waals surface area contributed by atoms with Gasteiger partial charge < -0.3 is 16.0 Å². The SMILES string of the molecule is CCCNC(=O)c1cccc(NC(=O)CCNc2ccccc2[N+](=O)[O-])c1. The van der Waals surface area contributed by atoms with E-state index in [4.69, 9.17) is 0 Å². The molecule has 2 aromatic carbocycles. The maximum atomic E-state index is 12.1. The van der Waals surface area contributed by atoms with Crippen LogP contribution in [0.1, 0.15) is 30.1 Å². The number of hydrogen-bond acceptors (Lipinski definition) is 5. The van der Waals surface area contributed by atoms with Gasteiger partial charge in [0, 0.05) is 36.8 Å². The van der Waals surface area contributed by atoms with Gasteiger partial charge in [0.15, 0.2) is 0 Å². The first kappa shape index (κ1) is 19.9. The van der Waals surface area contributed by atoms with Crippen LogP contribution < -0.4 is 16.0 Å². The summed E-state index contributed by atoms with van der Waals surface area (Å²) < 4.78 is 0. The molecule has 2 amide bonds. The lowest BCUT2D eigenvalue weighted by Crippen LogP contribution is -2.24. The molecule has 0 atom stereocenters. The summed E-state index contributed by atoms with van der Waals surface area (Å²) >= 11 is 0. The van der Waals surface area contributed by atoms with E-state index < -0.39 is 4.92 Å². The molecule has 2 rings (SSSR count). The van der Waals surface area contributed by atoms with E-state index in [0.29, 0.717) is 23.5 Å². The van der Waals surface area contributed by atoms with Crippen molar-refractivity contribution in [1.82, 2.24) is 5.32 Å². The zero-order valence-corrected chi connectivity index (χ0v) is 15.0. The Hall–Kier alpha value is -3.42. The van der Waals surface area contributed by atoms with Crippen LogP contribution in [-0.2, 0) is 4.79 Å². The predicted molar refractivity (Wildman–Crippen MR) is 104 cm³/mol. The van der Waals surface area contributed by atoms with Gasteiger partial charge in [-0.25, -0.2) is 0 Å². The molecule has 0 saturated heterocycles. The Bertz CT molecular complexity index is 823. The third-order valence-electron chi connectivity index (χ3n) is 3.71. The zero-order chi connectivity index (χ0) is 19.6. The number of benzene rings is 2. The molecule has 0 aliphatic rings. The van der Waals surface area contributed by atoms with Crippen LogP contribution in [0.15, 0.2) is 48.5 Å². The highest BCUT2D eigenvalue weighted by atomic mass is 16.6. The highest BCUT2D eigenvalue weighted by Crippen LogP contribution is 2.22. The van der Waals surface area contributed by atoms with Crippen molar-refractivity contribution < 1.29 is 14.5 Å². The van der Waals surface area contributed by atoms with Gasteiger partial charge in [-0.2, -0.15) is 0 Å². The quantitative estimate of drug-likeness (QED) is 0.463. The van der Waals surface area contributed by atoms with Gasteiger partial charge >= 0.3 is 0 Å². The molecular weight excluding hydrogens is 348 g/mol. The van der Waals surface area contributed by atoms with Gasteiger partial charge in [0.25, 0.3) is 11.6 Å². The summed E-state index contributed by atoms with van der Waals surface area (Å²) in [5.74, 6) is -0.446. The van der Waals surface area contributed by atoms with E-state index in [1.807, 2.05) is 6.92 Å². The zero-order valence-electron chi connectivity index (χ0n) is 15.0. The monoisotopic (exact) mass is 370 g/mol. The third-order valence-corrected chi connectivity index (χ3v) is 3.71. The van der Waals surface area contributed by atoms with Gasteiger partial charge in [-0.15, -0.1) is 0 Å². The van der Waals surface area contributed by atoms with Gasteiger partial charge in [-0.1, -0.05) is 25.1 Å². The summed E-state index contributed by atoms with van der Waals surface area (Å²) in [6.45, 7) is 2.80. The predicted octanol–water partition coefficient (Wildman–Crippen LogP) is 3.18. The minimum Gasteiger partial charge on any atom is -0.379 e. The van der Waals surface area contributed by atoms with Crippen molar-refractivity contribution in [1.29, 1.82) is 0 Å². The van der Waals surface area contributed by atoms with E-state index >= 15 is 0 Å².